The Morgan fingerprint density at radius 2 is 1.38 bits per heavy atom. The standard InChI is InChI=1S/C21H24N2O6/c1-27-19(24)18(23-21(26)29-17-12-6-3-7-13-17)14-8-9-15-22-20(25)28-16-10-4-2-5-11-16/h2-7,10-13,18H,8-9,14-15H2,1H3,(H,22,25)(H,23,26). The SMILES string of the molecule is COC(=O)C(CCCCNC(=O)Oc1ccccc1)NC(=O)Oc1ccccc1. The van der Waals surface area contributed by atoms with Gasteiger partial charge in [0.1, 0.15) is 17.5 Å². The molecule has 0 saturated carbocycles. The summed E-state index contributed by atoms with van der Waals surface area (Å²) < 4.78 is 15.0. The summed E-state index contributed by atoms with van der Waals surface area (Å²) in [6.45, 7) is 0.369. The predicted molar refractivity (Wildman–Crippen MR) is 106 cm³/mol. The Bertz CT molecular complexity index is 782. The second kappa shape index (κ2) is 12.0. The number of para-hydroxylation sites is 2. The summed E-state index contributed by atoms with van der Waals surface area (Å²) in [4.78, 5) is 35.6. The molecule has 2 amide bonds. The quantitative estimate of drug-likeness (QED) is 0.495. The van der Waals surface area contributed by atoms with Gasteiger partial charge in [0.15, 0.2) is 0 Å². The molecule has 2 rings (SSSR count). The molecule has 1 unspecified atom stereocenters. The highest BCUT2D eigenvalue weighted by Crippen LogP contribution is 2.10. The lowest BCUT2D eigenvalue weighted by atomic mass is 10.1. The van der Waals surface area contributed by atoms with E-state index in [1.54, 1.807) is 54.6 Å². The average Bonchev–Trinajstić information content (AvgIpc) is 2.73. The first-order valence-corrected chi connectivity index (χ1v) is 9.20. The third-order valence-electron chi connectivity index (χ3n) is 3.87. The molecule has 0 aliphatic rings. The van der Waals surface area contributed by atoms with Crippen molar-refractivity contribution in [1.29, 1.82) is 0 Å². The molecule has 0 radical (unpaired) electrons. The predicted octanol–water partition coefficient (Wildman–Crippen LogP) is 3.28. The minimum Gasteiger partial charge on any atom is -0.467 e. The smallest absolute Gasteiger partial charge is 0.413 e. The Morgan fingerprint density at radius 1 is 0.828 bits per heavy atom. The van der Waals surface area contributed by atoms with Gasteiger partial charge in [-0.1, -0.05) is 36.4 Å². The summed E-state index contributed by atoms with van der Waals surface area (Å²) >= 11 is 0. The number of unbranched alkanes of at least 4 members (excludes halogenated alkanes) is 1. The summed E-state index contributed by atoms with van der Waals surface area (Å²) in [6, 6.07) is 16.4. The minimum atomic E-state index is -0.840. The van der Waals surface area contributed by atoms with Crippen LogP contribution in [0.5, 0.6) is 11.5 Å². The second-order valence-corrected chi connectivity index (χ2v) is 6.05. The molecule has 8 nitrogen and oxygen atoms in total. The molecule has 0 spiro atoms. The van der Waals surface area contributed by atoms with Gasteiger partial charge in [-0.15, -0.1) is 0 Å². The van der Waals surface area contributed by atoms with Crippen LogP contribution in [0.3, 0.4) is 0 Å². The van der Waals surface area contributed by atoms with Gasteiger partial charge in [-0.3, -0.25) is 0 Å². The van der Waals surface area contributed by atoms with Gasteiger partial charge in [0.25, 0.3) is 0 Å². The maximum Gasteiger partial charge on any atom is 0.413 e. The molecule has 154 valence electrons. The number of rotatable bonds is 9. The zero-order chi connectivity index (χ0) is 20.9. The molecular weight excluding hydrogens is 376 g/mol. The third kappa shape index (κ3) is 8.34. The van der Waals surface area contributed by atoms with E-state index in [0.717, 1.165) is 0 Å². The van der Waals surface area contributed by atoms with Crippen molar-refractivity contribution in [3.05, 3.63) is 60.7 Å². The van der Waals surface area contributed by atoms with Crippen molar-refractivity contribution < 1.29 is 28.6 Å². The van der Waals surface area contributed by atoms with Gasteiger partial charge >= 0.3 is 18.2 Å². The number of hydrogen-bond donors (Lipinski definition) is 2. The monoisotopic (exact) mass is 400 g/mol. The molecule has 0 aliphatic heterocycles. The molecule has 1 atom stereocenters. The molecule has 8 heteroatoms. The van der Waals surface area contributed by atoms with Gasteiger partial charge in [0.2, 0.25) is 0 Å². The molecule has 0 heterocycles. The van der Waals surface area contributed by atoms with Crippen LogP contribution < -0.4 is 20.1 Å². The second-order valence-electron chi connectivity index (χ2n) is 6.05. The number of benzene rings is 2. The van der Waals surface area contributed by atoms with Crippen LogP contribution in [0.15, 0.2) is 60.7 Å². The molecule has 0 aromatic heterocycles. The minimum absolute atomic E-state index is 0.339. The molecule has 2 N–H and O–H groups in total. The molecule has 0 bridgehead atoms. The first kappa shape index (κ1) is 21.7. The van der Waals surface area contributed by atoms with E-state index in [9.17, 15) is 14.4 Å². The maximum atomic E-state index is 12.0. The lowest BCUT2D eigenvalue weighted by Gasteiger charge is -2.16. The van der Waals surface area contributed by atoms with Crippen LogP contribution in [0.2, 0.25) is 0 Å². The van der Waals surface area contributed by atoms with Crippen LogP contribution in [-0.4, -0.2) is 37.9 Å². The molecule has 2 aromatic carbocycles. The summed E-state index contributed by atoms with van der Waals surface area (Å²) in [5, 5.41) is 5.13. The van der Waals surface area contributed by atoms with Crippen molar-refractivity contribution >= 4 is 18.2 Å². The van der Waals surface area contributed by atoms with Crippen molar-refractivity contribution in [1.82, 2.24) is 10.6 Å². The van der Waals surface area contributed by atoms with E-state index in [-0.39, 0.29) is 0 Å². The number of nitrogens with one attached hydrogen (secondary N) is 2. The Kier molecular flexibility index (Phi) is 9.01. The van der Waals surface area contributed by atoms with Crippen molar-refractivity contribution in [2.24, 2.45) is 0 Å². The number of carbonyl (C=O) groups is 3. The van der Waals surface area contributed by atoms with Crippen LogP contribution in [0.4, 0.5) is 9.59 Å². The normalized spacial score (nSPS) is 11.1. The van der Waals surface area contributed by atoms with Gasteiger partial charge < -0.3 is 24.8 Å². The van der Waals surface area contributed by atoms with Crippen LogP contribution in [0.25, 0.3) is 0 Å². The molecule has 29 heavy (non-hydrogen) atoms. The fourth-order valence-electron chi connectivity index (χ4n) is 2.45. The summed E-state index contributed by atoms with van der Waals surface area (Å²) in [5.41, 5.74) is 0. The van der Waals surface area contributed by atoms with Crippen molar-refractivity contribution in [2.75, 3.05) is 13.7 Å². The molecule has 0 fully saturated rings. The van der Waals surface area contributed by atoms with E-state index in [1.807, 2.05) is 6.07 Å². The Hall–Kier alpha value is -3.55. The van der Waals surface area contributed by atoms with E-state index in [4.69, 9.17) is 14.2 Å². The number of amides is 2. The largest absolute Gasteiger partial charge is 0.467 e. The van der Waals surface area contributed by atoms with E-state index in [1.165, 1.54) is 7.11 Å². The van der Waals surface area contributed by atoms with Crippen LogP contribution in [0.1, 0.15) is 19.3 Å². The Labute approximate surface area is 169 Å². The maximum absolute atomic E-state index is 12.0. The number of carbonyl (C=O) groups excluding carboxylic acids is 3. The third-order valence-corrected chi connectivity index (χ3v) is 3.87. The van der Waals surface area contributed by atoms with E-state index in [0.29, 0.717) is 37.3 Å². The van der Waals surface area contributed by atoms with Gasteiger partial charge in [-0.25, -0.2) is 14.4 Å². The lowest BCUT2D eigenvalue weighted by molar-refractivity contribution is -0.143. The Morgan fingerprint density at radius 3 is 1.93 bits per heavy atom. The Balaban J connectivity index is 1.69. The number of esters is 1. The van der Waals surface area contributed by atoms with E-state index in [2.05, 4.69) is 10.6 Å². The lowest BCUT2D eigenvalue weighted by Crippen LogP contribution is -2.43. The number of hydrogen-bond acceptors (Lipinski definition) is 6. The van der Waals surface area contributed by atoms with Crippen molar-refractivity contribution in [3.8, 4) is 11.5 Å². The number of methoxy groups -OCH3 is 1. The highest BCUT2D eigenvalue weighted by Gasteiger charge is 2.22. The van der Waals surface area contributed by atoms with Crippen LogP contribution in [0, 0.1) is 0 Å². The van der Waals surface area contributed by atoms with Gasteiger partial charge in [0.05, 0.1) is 7.11 Å². The van der Waals surface area contributed by atoms with Gasteiger partial charge in [0, 0.05) is 6.54 Å². The molecular formula is C21H24N2O6. The zero-order valence-electron chi connectivity index (χ0n) is 16.1. The average molecular weight is 400 g/mol. The fraction of sp³-hybridized carbons (Fsp3) is 0.286. The zero-order valence-corrected chi connectivity index (χ0v) is 16.1. The molecule has 0 aliphatic carbocycles. The van der Waals surface area contributed by atoms with Gasteiger partial charge in [-0.2, -0.15) is 0 Å². The number of ether oxygens (including phenoxy) is 3. The van der Waals surface area contributed by atoms with Crippen molar-refractivity contribution in [3.63, 3.8) is 0 Å². The topological polar surface area (TPSA) is 103 Å². The van der Waals surface area contributed by atoms with Crippen LogP contribution >= 0.6 is 0 Å². The van der Waals surface area contributed by atoms with E-state index >= 15 is 0 Å². The highest BCUT2D eigenvalue weighted by atomic mass is 16.6. The molecule has 0 saturated heterocycles. The van der Waals surface area contributed by atoms with E-state index < -0.39 is 24.2 Å². The first-order valence-electron chi connectivity index (χ1n) is 9.20. The summed E-state index contributed by atoms with van der Waals surface area (Å²) in [6.07, 6.45) is 0.205. The van der Waals surface area contributed by atoms with Crippen LogP contribution in [-0.2, 0) is 9.53 Å². The van der Waals surface area contributed by atoms with Gasteiger partial charge in [-0.05, 0) is 43.5 Å². The first-order chi connectivity index (χ1) is 14.1. The molecule has 2 aromatic rings. The summed E-state index contributed by atoms with van der Waals surface area (Å²) in [5.74, 6) is 0.262. The summed E-state index contributed by atoms with van der Waals surface area (Å²) in [7, 11) is 1.25. The fourth-order valence-corrected chi connectivity index (χ4v) is 2.45. The van der Waals surface area contributed by atoms with Crippen molar-refractivity contribution in [2.45, 2.75) is 25.3 Å². The highest BCUT2D eigenvalue weighted by molar-refractivity contribution is 5.82.